The van der Waals surface area contributed by atoms with Crippen LogP contribution in [-0.2, 0) is 4.74 Å². The number of H-pyrrole nitrogens is 1. The molecule has 9 heteroatoms. The maximum Gasteiger partial charge on any atom is 0.348 e. The first-order valence-electron chi connectivity index (χ1n) is 9.52. The molecule has 0 aliphatic rings. The predicted octanol–water partition coefficient (Wildman–Crippen LogP) is 5.55. The van der Waals surface area contributed by atoms with E-state index in [1.54, 1.807) is 23.5 Å². The Labute approximate surface area is 189 Å². The van der Waals surface area contributed by atoms with Crippen LogP contribution in [0.3, 0.4) is 0 Å². The molecule has 0 amide bonds. The van der Waals surface area contributed by atoms with E-state index < -0.39 is 12.6 Å². The first-order chi connectivity index (χ1) is 15.6. The van der Waals surface area contributed by atoms with Gasteiger partial charge in [-0.15, -0.1) is 22.7 Å². The minimum atomic E-state index is -0.587. The molecule has 0 unspecified atom stereocenters. The third-order valence-corrected chi connectivity index (χ3v) is 6.95. The van der Waals surface area contributed by atoms with Gasteiger partial charge in [-0.3, -0.25) is 0 Å². The summed E-state index contributed by atoms with van der Waals surface area (Å²) in [5, 5.41) is 20.7. The Hall–Kier alpha value is -4.00. The van der Waals surface area contributed by atoms with Crippen LogP contribution in [-0.4, -0.2) is 32.6 Å². The highest BCUT2D eigenvalue weighted by molar-refractivity contribution is 7.26. The van der Waals surface area contributed by atoms with Crippen molar-refractivity contribution in [2.24, 2.45) is 0 Å². The van der Waals surface area contributed by atoms with E-state index >= 15 is 0 Å². The van der Waals surface area contributed by atoms with Crippen molar-refractivity contribution in [1.29, 1.82) is 5.26 Å². The number of hydrogen-bond donors (Lipinski definition) is 2. The van der Waals surface area contributed by atoms with Gasteiger partial charge in [-0.2, -0.15) is 5.26 Å². The number of nitrogens with zero attached hydrogens (tertiary/aromatic N) is 3. The number of aromatic nitrogens is 3. The molecule has 3 heterocycles. The Kier molecular flexibility index (Phi) is 5.15. The molecule has 0 radical (unpaired) electrons. The fourth-order valence-electron chi connectivity index (χ4n) is 3.14. The van der Waals surface area contributed by atoms with Gasteiger partial charge in [0.15, 0.2) is 11.6 Å². The van der Waals surface area contributed by atoms with Crippen LogP contribution >= 0.6 is 22.7 Å². The number of nitriles is 1. The zero-order valence-electron chi connectivity index (χ0n) is 16.4. The van der Waals surface area contributed by atoms with E-state index in [1.165, 1.54) is 11.3 Å². The van der Waals surface area contributed by atoms with Gasteiger partial charge in [0, 0.05) is 0 Å². The topological polar surface area (TPSA) is 112 Å². The quantitative estimate of drug-likeness (QED) is 0.203. The maximum absolute atomic E-state index is 12.5. The van der Waals surface area contributed by atoms with E-state index in [0.717, 1.165) is 25.6 Å². The SMILES string of the molecule is N#CC(=C(O)COC(=O)c1ccc(-c2nc3ccccc3s2)s1)c1nc2ccccc2[nH]1. The van der Waals surface area contributed by atoms with Crippen molar-refractivity contribution in [2.75, 3.05) is 6.61 Å². The fourth-order valence-corrected chi connectivity index (χ4v) is 5.06. The third kappa shape index (κ3) is 3.73. The van der Waals surface area contributed by atoms with Crippen LogP contribution in [0.1, 0.15) is 15.5 Å². The number of aliphatic hydroxyl groups is 1. The number of esters is 1. The highest BCUT2D eigenvalue weighted by atomic mass is 32.1. The van der Waals surface area contributed by atoms with Gasteiger partial charge in [-0.1, -0.05) is 24.3 Å². The average molecular weight is 459 g/mol. The predicted molar refractivity (Wildman–Crippen MR) is 124 cm³/mol. The number of carbonyl (C=O) groups is 1. The highest BCUT2D eigenvalue weighted by Crippen LogP contribution is 2.34. The van der Waals surface area contributed by atoms with Crippen molar-refractivity contribution in [3.8, 4) is 16.0 Å². The molecule has 32 heavy (non-hydrogen) atoms. The summed E-state index contributed by atoms with van der Waals surface area (Å²) < 4.78 is 6.30. The Bertz CT molecular complexity index is 1470. The molecular formula is C23H14N4O3S2. The summed E-state index contributed by atoms with van der Waals surface area (Å²) in [4.78, 5) is 25.6. The van der Waals surface area contributed by atoms with Crippen LogP contribution < -0.4 is 0 Å². The van der Waals surface area contributed by atoms with Crippen LogP contribution in [0.15, 0.2) is 66.4 Å². The first-order valence-corrected chi connectivity index (χ1v) is 11.2. The lowest BCUT2D eigenvalue weighted by Crippen LogP contribution is -2.08. The van der Waals surface area contributed by atoms with E-state index in [2.05, 4.69) is 15.0 Å². The molecule has 156 valence electrons. The normalized spacial score (nSPS) is 12.0. The molecule has 2 aromatic carbocycles. The number of rotatable bonds is 5. The number of thiazole rings is 1. The second-order valence-corrected chi connectivity index (χ2v) is 8.88. The van der Waals surface area contributed by atoms with Crippen molar-refractivity contribution < 1.29 is 14.6 Å². The third-order valence-electron chi connectivity index (χ3n) is 4.68. The monoisotopic (exact) mass is 458 g/mol. The van der Waals surface area contributed by atoms with Gasteiger partial charge in [-0.05, 0) is 36.4 Å². The number of allylic oxidation sites excluding steroid dienone is 1. The Morgan fingerprint density at radius 3 is 2.59 bits per heavy atom. The van der Waals surface area contributed by atoms with Crippen molar-refractivity contribution in [1.82, 2.24) is 15.0 Å². The van der Waals surface area contributed by atoms with E-state index in [-0.39, 0.29) is 17.2 Å². The van der Waals surface area contributed by atoms with E-state index in [0.29, 0.717) is 10.4 Å². The number of imidazole rings is 1. The number of nitrogens with one attached hydrogen (secondary N) is 1. The summed E-state index contributed by atoms with van der Waals surface area (Å²) in [5.74, 6) is -0.741. The second-order valence-electron chi connectivity index (χ2n) is 6.76. The fraction of sp³-hybridized carbons (Fsp3) is 0.0435. The number of benzene rings is 2. The molecule has 0 aliphatic carbocycles. The molecule has 5 aromatic rings. The maximum atomic E-state index is 12.5. The number of thiophene rings is 1. The first kappa shape index (κ1) is 19.9. The van der Waals surface area contributed by atoms with E-state index in [1.807, 2.05) is 54.6 Å². The van der Waals surface area contributed by atoms with Gasteiger partial charge in [0.25, 0.3) is 0 Å². The van der Waals surface area contributed by atoms with Crippen molar-refractivity contribution >= 4 is 55.5 Å². The molecule has 0 saturated carbocycles. The number of para-hydroxylation sites is 3. The van der Waals surface area contributed by atoms with E-state index in [4.69, 9.17) is 4.74 Å². The lowest BCUT2D eigenvalue weighted by molar-refractivity contribution is 0.0508. The molecule has 0 fully saturated rings. The smallest absolute Gasteiger partial charge is 0.348 e. The molecular weight excluding hydrogens is 444 g/mol. The van der Waals surface area contributed by atoms with Gasteiger partial charge < -0.3 is 14.8 Å². The number of aliphatic hydroxyl groups excluding tert-OH is 1. The minimum absolute atomic E-state index is 0.0738. The summed E-state index contributed by atoms with van der Waals surface area (Å²) in [6.45, 7) is -0.437. The van der Waals surface area contributed by atoms with Gasteiger partial charge in [0.2, 0.25) is 0 Å². The lowest BCUT2D eigenvalue weighted by atomic mass is 10.2. The molecule has 2 N–H and O–H groups in total. The highest BCUT2D eigenvalue weighted by Gasteiger charge is 2.18. The molecule has 7 nitrogen and oxygen atoms in total. The van der Waals surface area contributed by atoms with Crippen LogP contribution in [0, 0.1) is 11.3 Å². The molecule has 0 atom stereocenters. The van der Waals surface area contributed by atoms with Gasteiger partial charge in [-0.25, -0.2) is 14.8 Å². The van der Waals surface area contributed by atoms with Crippen LogP contribution in [0.25, 0.3) is 36.7 Å². The molecule has 0 aliphatic heterocycles. The second kappa shape index (κ2) is 8.26. The number of carbonyl (C=O) groups excluding carboxylic acids is 1. The molecule has 3 aromatic heterocycles. The number of aromatic amines is 1. The Balaban J connectivity index is 1.32. The minimum Gasteiger partial charge on any atom is -0.507 e. The summed E-state index contributed by atoms with van der Waals surface area (Å²) in [6, 6.07) is 20.5. The standard InChI is InChI=1S/C23H14N4O3S2/c24-11-13(21-25-14-5-1-2-6-15(14)26-21)17(28)12-30-23(29)20-10-9-19(31-20)22-27-16-7-3-4-8-18(16)32-22/h1-10,28H,12H2,(H,25,26). The summed E-state index contributed by atoms with van der Waals surface area (Å²) in [6.07, 6.45) is 0. The number of ether oxygens (including phenoxy) is 1. The Morgan fingerprint density at radius 2 is 1.81 bits per heavy atom. The summed E-state index contributed by atoms with van der Waals surface area (Å²) >= 11 is 2.82. The van der Waals surface area contributed by atoms with Crippen LogP contribution in [0.5, 0.6) is 0 Å². The largest absolute Gasteiger partial charge is 0.507 e. The van der Waals surface area contributed by atoms with E-state index in [9.17, 15) is 15.2 Å². The van der Waals surface area contributed by atoms with Crippen molar-refractivity contribution in [2.45, 2.75) is 0 Å². The van der Waals surface area contributed by atoms with Crippen LogP contribution in [0.4, 0.5) is 0 Å². The zero-order chi connectivity index (χ0) is 22.1. The lowest BCUT2D eigenvalue weighted by Gasteiger charge is -2.04. The molecule has 0 saturated heterocycles. The average Bonchev–Trinajstić information content (AvgIpc) is 3.55. The van der Waals surface area contributed by atoms with Gasteiger partial charge in [0.05, 0.1) is 26.1 Å². The number of hydrogen-bond acceptors (Lipinski definition) is 8. The molecule has 0 bridgehead atoms. The molecule has 0 spiro atoms. The van der Waals surface area contributed by atoms with Gasteiger partial charge >= 0.3 is 5.97 Å². The van der Waals surface area contributed by atoms with Crippen molar-refractivity contribution in [3.05, 3.63) is 77.1 Å². The Morgan fingerprint density at radius 1 is 1.03 bits per heavy atom. The summed E-state index contributed by atoms with van der Waals surface area (Å²) in [7, 11) is 0. The molecule has 5 rings (SSSR count). The zero-order valence-corrected chi connectivity index (χ0v) is 18.0. The van der Waals surface area contributed by atoms with Crippen molar-refractivity contribution in [3.63, 3.8) is 0 Å². The van der Waals surface area contributed by atoms with Crippen LogP contribution in [0.2, 0.25) is 0 Å². The number of fused-ring (bicyclic) bond motifs is 2. The summed E-state index contributed by atoms with van der Waals surface area (Å²) in [5.41, 5.74) is 2.24. The van der Waals surface area contributed by atoms with Gasteiger partial charge in [0.1, 0.15) is 28.1 Å².